The van der Waals surface area contributed by atoms with Gasteiger partial charge >= 0.3 is 0 Å². The number of aliphatic hydroxyl groups is 1. The van der Waals surface area contributed by atoms with Crippen molar-refractivity contribution in [3.8, 4) is 28.7 Å². The number of ether oxygens (including phenoxy) is 2. The van der Waals surface area contributed by atoms with Gasteiger partial charge < -0.3 is 14.6 Å². The topological polar surface area (TPSA) is 78.6 Å². The number of nitriles is 1. The number of hydrogen-bond acceptors (Lipinski definition) is 6. The average molecular weight is 556 g/mol. The van der Waals surface area contributed by atoms with Crippen molar-refractivity contribution in [2.24, 2.45) is 0 Å². The minimum Gasteiger partial charge on any atom is -0.488 e. The van der Waals surface area contributed by atoms with E-state index in [1.54, 1.807) is 24.4 Å². The van der Waals surface area contributed by atoms with Gasteiger partial charge in [-0.2, -0.15) is 5.26 Å². The Kier molecular flexibility index (Phi) is 7.40. The molecule has 0 radical (unpaired) electrons. The number of rotatable bonds is 8. The maximum Gasteiger partial charge on any atom is 0.142 e. The third-order valence-corrected chi connectivity index (χ3v) is 7.71. The SMILES string of the molecule is N#Cc1cncc(COc2cc(O[C@@H]3CCc4c(-c5ccccc5F)cccc43)c(Cl)cc2CN2CC(O)C2)c1. The molecule has 1 fully saturated rings. The first-order valence-electron chi connectivity index (χ1n) is 13.2. The first kappa shape index (κ1) is 26.3. The Morgan fingerprint density at radius 2 is 1.88 bits per heavy atom. The second-order valence-electron chi connectivity index (χ2n) is 10.2. The highest BCUT2D eigenvalue weighted by molar-refractivity contribution is 6.32. The zero-order valence-electron chi connectivity index (χ0n) is 21.7. The summed E-state index contributed by atoms with van der Waals surface area (Å²) in [4.78, 5) is 6.23. The Bertz CT molecular complexity index is 1600. The number of nitrogens with zero attached hydrogens (tertiary/aromatic N) is 3. The van der Waals surface area contributed by atoms with Crippen LogP contribution in [0.25, 0.3) is 11.1 Å². The predicted molar refractivity (Wildman–Crippen MR) is 150 cm³/mol. The first-order chi connectivity index (χ1) is 19.5. The summed E-state index contributed by atoms with van der Waals surface area (Å²) in [5.74, 6) is 0.870. The molecule has 40 heavy (non-hydrogen) atoms. The zero-order chi connectivity index (χ0) is 27.6. The van der Waals surface area contributed by atoms with E-state index in [9.17, 15) is 14.8 Å². The van der Waals surface area contributed by atoms with Gasteiger partial charge in [0.1, 0.15) is 36.1 Å². The molecule has 0 unspecified atom stereocenters. The fourth-order valence-electron chi connectivity index (χ4n) is 5.45. The Morgan fingerprint density at radius 3 is 2.67 bits per heavy atom. The lowest BCUT2D eigenvalue weighted by atomic mass is 9.96. The number of hydrogen-bond donors (Lipinski definition) is 1. The molecule has 1 aliphatic heterocycles. The van der Waals surface area contributed by atoms with Crippen LogP contribution in [-0.2, 0) is 19.6 Å². The molecule has 1 aliphatic carbocycles. The van der Waals surface area contributed by atoms with Crippen molar-refractivity contribution in [2.45, 2.75) is 38.2 Å². The largest absolute Gasteiger partial charge is 0.488 e. The van der Waals surface area contributed by atoms with Crippen LogP contribution in [-0.4, -0.2) is 34.2 Å². The molecule has 1 atom stereocenters. The van der Waals surface area contributed by atoms with Gasteiger partial charge in [0.05, 0.1) is 16.7 Å². The van der Waals surface area contributed by atoms with Gasteiger partial charge in [-0.3, -0.25) is 9.88 Å². The van der Waals surface area contributed by atoms with Gasteiger partial charge in [0.25, 0.3) is 0 Å². The molecule has 2 heterocycles. The molecule has 8 heteroatoms. The van der Waals surface area contributed by atoms with Gasteiger partial charge in [-0.05, 0) is 47.7 Å². The van der Waals surface area contributed by atoms with Crippen LogP contribution in [0.4, 0.5) is 4.39 Å². The van der Waals surface area contributed by atoms with Crippen molar-refractivity contribution < 1.29 is 19.0 Å². The Labute approximate surface area is 237 Å². The fourth-order valence-corrected chi connectivity index (χ4v) is 5.68. The third-order valence-electron chi connectivity index (χ3n) is 7.41. The standard InChI is InChI=1S/C32H27ClFN3O3/c33-28-11-22(16-37-17-23(38)18-37)31(39-19-21-10-20(13-35)14-36-15-21)12-32(28)40-30-9-8-25-24(5-3-6-27(25)30)26-4-1-2-7-29(26)34/h1-7,10-12,14-15,23,30,38H,8-9,16-19H2/t30-/m1/s1. The molecule has 0 spiro atoms. The number of likely N-dealkylation sites (tertiary alicyclic amines) is 1. The molecule has 1 saturated heterocycles. The number of halogens is 2. The van der Waals surface area contributed by atoms with E-state index >= 15 is 0 Å². The lowest BCUT2D eigenvalue weighted by Crippen LogP contribution is -2.49. The first-order valence-corrected chi connectivity index (χ1v) is 13.6. The Hall–Kier alpha value is -3.96. The highest BCUT2D eigenvalue weighted by atomic mass is 35.5. The van der Waals surface area contributed by atoms with Gasteiger partial charge in [-0.1, -0.05) is 48.0 Å². The molecule has 0 amide bonds. The number of aliphatic hydroxyl groups excluding tert-OH is 1. The summed E-state index contributed by atoms with van der Waals surface area (Å²) in [5, 5.41) is 19.4. The molecule has 202 valence electrons. The van der Waals surface area contributed by atoms with Crippen molar-refractivity contribution in [1.82, 2.24) is 9.88 Å². The van der Waals surface area contributed by atoms with E-state index in [-0.39, 0.29) is 24.6 Å². The van der Waals surface area contributed by atoms with E-state index in [1.807, 2.05) is 36.4 Å². The maximum atomic E-state index is 14.6. The van der Waals surface area contributed by atoms with Gasteiger partial charge in [0.2, 0.25) is 0 Å². The van der Waals surface area contributed by atoms with E-state index in [0.29, 0.717) is 47.3 Å². The smallest absolute Gasteiger partial charge is 0.142 e. The lowest BCUT2D eigenvalue weighted by Gasteiger charge is -2.36. The summed E-state index contributed by atoms with van der Waals surface area (Å²) < 4.78 is 27.3. The second kappa shape index (κ2) is 11.3. The minimum absolute atomic E-state index is 0.220. The van der Waals surface area contributed by atoms with Gasteiger partial charge in [-0.25, -0.2) is 4.39 Å². The fraction of sp³-hybridized carbons (Fsp3) is 0.250. The quantitative estimate of drug-likeness (QED) is 0.277. The van der Waals surface area contributed by atoms with Crippen LogP contribution < -0.4 is 9.47 Å². The van der Waals surface area contributed by atoms with Gasteiger partial charge in [0, 0.05) is 54.8 Å². The molecular formula is C32H27ClFN3O3. The minimum atomic E-state index is -0.320. The Morgan fingerprint density at radius 1 is 1.05 bits per heavy atom. The molecule has 4 aromatic rings. The van der Waals surface area contributed by atoms with Crippen LogP contribution >= 0.6 is 11.6 Å². The van der Waals surface area contributed by atoms with Crippen molar-refractivity contribution in [1.29, 1.82) is 5.26 Å². The van der Waals surface area contributed by atoms with Gasteiger partial charge in [-0.15, -0.1) is 0 Å². The summed E-state index contributed by atoms with van der Waals surface area (Å²) in [6.07, 6.45) is 4.13. The van der Waals surface area contributed by atoms with Crippen LogP contribution in [0.1, 0.15) is 40.3 Å². The lowest BCUT2D eigenvalue weighted by molar-refractivity contribution is -0.00335. The van der Waals surface area contributed by atoms with E-state index in [1.165, 1.54) is 12.3 Å². The molecule has 3 aromatic carbocycles. The number of fused-ring (bicyclic) bond motifs is 1. The van der Waals surface area contributed by atoms with Crippen molar-refractivity contribution >= 4 is 11.6 Å². The van der Waals surface area contributed by atoms with Crippen LogP contribution in [0, 0.1) is 17.1 Å². The third kappa shape index (κ3) is 5.39. The molecule has 2 aliphatic rings. The Balaban J connectivity index is 1.28. The average Bonchev–Trinajstić information content (AvgIpc) is 3.36. The highest BCUT2D eigenvalue weighted by Crippen LogP contribution is 2.43. The van der Waals surface area contributed by atoms with Crippen molar-refractivity contribution in [2.75, 3.05) is 13.1 Å². The molecule has 6 nitrogen and oxygen atoms in total. The zero-order valence-corrected chi connectivity index (χ0v) is 22.4. The number of pyridine rings is 1. The van der Waals surface area contributed by atoms with Crippen LogP contribution in [0.3, 0.4) is 0 Å². The van der Waals surface area contributed by atoms with Crippen molar-refractivity contribution in [3.63, 3.8) is 0 Å². The molecule has 1 N–H and O–H groups in total. The molecule has 6 rings (SSSR count). The normalized spacial score (nSPS) is 16.7. The van der Waals surface area contributed by atoms with E-state index in [2.05, 4.69) is 16.0 Å². The van der Waals surface area contributed by atoms with Gasteiger partial charge in [0.15, 0.2) is 0 Å². The summed E-state index contributed by atoms with van der Waals surface area (Å²) in [5.41, 5.74) is 5.70. The number of aromatic nitrogens is 1. The summed E-state index contributed by atoms with van der Waals surface area (Å²) in [6.45, 7) is 1.97. The molecule has 1 aromatic heterocycles. The summed E-state index contributed by atoms with van der Waals surface area (Å²) >= 11 is 6.74. The molecule has 0 saturated carbocycles. The molecule has 0 bridgehead atoms. The summed E-state index contributed by atoms with van der Waals surface area (Å²) in [6, 6.07) is 20.3. The number of benzene rings is 3. The van der Waals surface area contributed by atoms with Crippen LogP contribution in [0.5, 0.6) is 11.5 Å². The number of β-amino-alcohol motifs (C(OH)–C–C–N with tert-alkyl or cyclic N) is 1. The van der Waals surface area contributed by atoms with E-state index in [4.69, 9.17) is 21.1 Å². The maximum absolute atomic E-state index is 14.6. The summed E-state index contributed by atoms with van der Waals surface area (Å²) in [7, 11) is 0. The highest BCUT2D eigenvalue weighted by Gasteiger charge is 2.29. The second-order valence-corrected chi connectivity index (χ2v) is 10.6. The molecular weight excluding hydrogens is 529 g/mol. The predicted octanol–water partition coefficient (Wildman–Crippen LogP) is 6.23. The van der Waals surface area contributed by atoms with E-state index < -0.39 is 0 Å². The van der Waals surface area contributed by atoms with E-state index in [0.717, 1.165) is 40.7 Å². The van der Waals surface area contributed by atoms with Crippen molar-refractivity contribution in [3.05, 3.63) is 112 Å². The van der Waals surface area contributed by atoms with Crippen LogP contribution in [0.2, 0.25) is 5.02 Å². The van der Waals surface area contributed by atoms with Crippen LogP contribution in [0.15, 0.2) is 73.1 Å². The monoisotopic (exact) mass is 555 g/mol.